The molecule has 0 amide bonds. The fourth-order valence-corrected chi connectivity index (χ4v) is 2.58. The lowest BCUT2D eigenvalue weighted by Gasteiger charge is -2.10. The second-order valence-corrected chi connectivity index (χ2v) is 5.91. The van der Waals surface area contributed by atoms with E-state index in [2.05, 4.69) is 28.4 Å². The van der Waals surface area contributed by atoms with Gasteiger partial charge in [0, 0.05) is 12.1 Å². The maximum Gasteiger partial charge on any atom is 0.160 e. The lowest BCUT2D eigenvalue weighted by atomic mass is 10.1. The van der Waals surface area contributed by atoms with Crippen LogP contribution in [0.25, 0.3) is 22.4 Å². The Kier molecular flexibility index (Phi) is 3.44. The van der Waals surface area contributed by atoms with Crippen molar-refractivity contribution in [3.63, 3.8) is 0 Å². The number of aryl methyl sites for hydroxylation is 1. The first-order valence-electron chi connectivity index (χ1n) is 7.31. The molecule has 0 radical (unpaired) electrons. The molecule has 6 nitrogen and oxygen atoms in total. The Hall–Kier alpha value is -2.63. The minimum atomic E-state index is 0.392. The molecule has 6 heteroatoms. The van der Waals surface area contributed by atoms with Gasteiger partial charge in [-0.1, -0.05) is 13.8 Å². The van der Waals surface area contributed by atoms with Gasteiger partial charge in [-0.25, -0.2) is 15.0 Å². The lowest BCUT2D eigenvalue weighted by molar-refractivity contribution is 0.522. The van der Waals surface area contributed by atoms with Gasteiger partial charge in [0.15, 0.2) is 5.65 Å². The third kappa shape index (κ3) is 2.59. The van der Waals surface area contributed by atoms with Gasteiger partial charge in [0.05, 0.1) is 5.69 Å². The average Bonchev–Trinajstić information content (AvgIpc) is 2.73. The Morgan fingerprint density at radius 3 is 2.36 bits per heavy atom. The summed E-state index contributed by atoms with van der Waals surface area (Å²) in [5.74, 6) is 2.28. The molecule has 0 aromatic carbocycles. The molecule has 3 rings (SSSR count). The van der Waals surface area contributed by atoms with Gasteiger partial charge < -0.3 is 16.0 Å². The van der Waals surface area contributed by atoms with E-state index in [0.29, 0.717) is 17.6 Å². The van der Waals surface area contributed by atoms with E-state index < -0.39 is 0 Å². The third-order valence-corrected chi connectivity index (χ3v) is 3.49. The predicted molar refractivity (Wildman–Crippen MR) is 89.2 cm³/mol. The smallest absolute Gasteiger partial charge is 0.160 e. The van der Waals surface area contributed by atoms with Gasteiger partial charge in [0.1, 0.15) is 23.0 Å². The van der Waals surface area contributed by atoms with Crippen LogP contribution in [0.4, 0.5) is 11.6 Å². The summed E-state index contributed by atoms with van der Waals surface area (Å²) in [4.78, 5) is 13.3. The number of anilines is 2. The van der Waals surface area contributed by atoms with E-state index in [1.807, 2.05) is 19.1 Å². The van der Waals surface area contributed by atoms with Crippen LogP contribution in [-0.2, 0) is 6.54 Å². The predicted octanol–water partition coefficient (Wildman–Crippen LogP) is 2.62. The second-order valence-electron chi connectivity index (χ2n) is 5.91. The number of nitrogens with zero attached hydrogens (tertiary/aromatic N) is 4. The Morgan fingerprint density at radius 2 is 1.73 bits per heavy atom. The monoisotopic (exact) mass is 296 g/mol. The molecule has 22 heavy (non-hydrogen) atoms. The molecule has 0 saturated heterocycles. The van der Waals surface area contributed by atoms with Crippen LogP contribution in [0, 0.1) is 12.8 Å². The zero-order valence-electron chi connectivity index (χ0n) is 13.0. The Labute approximate surface area is 129 Å². The van der Waals surface area contributed by atoms with Gasteiger partial charge in [-0.3, -0.25) is 0 Å². The van der Waals surface area contributed by atoms with Crippen LogP contribution in [0.5, 0.6) is 0 Å². The standard InChI is InChI=1S/C16H20N6/c1-9(2)8-22-10(3)19-13-5-4-12(20-16(13)22)11-6-14(17)21-15(18)7-11/h4-7,9H,8H2,1-3H3,(H4,17,18,21). The van der Waals surface area contributed by atoms with Crippen LogP contribution < -0.4 is 11.5 Å². The van der Waals surface area contributed by atoms with Crippen molar-refractivity contribution in [1.29, 1.82) is 0 Å². The van der Waals surface area contributed by atoms with Crippen molar-refractivity contribution in [2.24, 2.45) is 5.92 Å². The molecule has 0 aliphatic heterocycles. The van der Waals surface area contributed by atoms with Crippen LogP contribution in [0.3, 0.4) is 0 Å². The molecule has 0 unspecified atom stereocenters. The molecule has 0 atom stereocenters. The highest BCUT2D eigenvalue weighted by Gasteiger charge is 2.12. The molecule has 4 N–H and O–H groups in total. The van der Waals surface area contributed by atoms with Crippen molar-refractivity contribution in [2.45, 2.75) is 27.3 Å². The minimum absolute atomic E-state index is 0.392. The molecule has 0 aliphatic rings. The van der Waals surface area contributed by atoms with Crippen LogP contribution in [0.1, 0.15) is 19.7 Å². The van der Waals surface area contributed by atoms with Crippen molar-refractivity contribution < 1.29 is 0 Å². The van der Waals surface area contributed by atoms with Crippen LogP contribution in [0.15, 0.2) is 24.3 Å². The Bertz CT molecular complexity index is 814. The lowest BCUT2D eigenvalue weighted by Crippen LogP contribution is -2.07. The van der Waals surface area contributed by atoms with Gasteiger partial charge in [-0.15, -0.1) is 0 Å². The SMILES string of the molecule is Cc1nc2ccc(-c3cc(N)nc(N)c3)nc2n1CC(C)C. The first-order valence-corrected chi connectivity index (χ1v) is 7.31. The molecule has 114 valence electrons. The molecule has 0 aliphatic carbocycles. The molecule has 3 aromatic rings. The van der Waals surface area contributed by atoms with Crippen molar-refractivity contribution >= 4 is 22.8 Å². The number of hydrogen-bond donors (Lipinski definition) is 2. The molecular formula is C16H20N6. The van der Waals surface area contributed by atoms with E-state index in [0.717, 1.165) is 34.8 Å². The molecule has 0 bridgehead atoms. The first-order chi connectivity index (χ1) is 10.4. The van der Waals surface area contributed by atoms with Gasteiger partial charge in [-0.05, 0) is 37.1 Å². The number of nitrogen functional groups attached to an aromatic ring is 2. The van der Waals surface area contributed by atoms with E-state index in [1.165, 1.54) is 0 Å². The summed E-state index contributed by atoms with van der Waals surface area (Å²) in [7, 11) is 0. The van der Waals surface area contributed by atoms with Crippen molar-refractivity contribution in [3.05, 3.63) is 30.1 Å². The maximum absolute atomic E-state index is 5.77. The van der Waals surface area contributed by atoms with E-state index in [-0.39, 0.29) is 0 Å². The van der Waals surface area contributed by atoms with Crippen molar-refractivity contribution in [2.75, 3.05) is 11.5 Å². The zero-order chi connectivity index (χ0) is 15.9. The van der Waals surface area contributed by atoms with E-state index in [4.69, 9.17) is 16.5 Å². The quantitative estimate of drug-likeness (QED) is 0.774. The maximum atomic E-state index is 5.77. The molecule has 3 heterocycles. The third-order valence-electron chi connectivity index (χ3n) is 3.49. The Balaban J connectivity index is 2.16. The summed E-state index contributed by atoms with van der Waals surface area (Å²) < 4.78 is 2.15. The number of hydrogen-bond acceptors (Lipinski definition) is 5. The molecule has 0 fully saturated rings. The average molecular weight is 296 g/mol. The fraction of sp³-hybridized carbons (Fsp3) is 0.312. The Morgan fingerprint density at radius 1 is 1.05 bits per heavy atom. The van der Waals surface area contributed by atoms with Crippen molar-refractivity contribution in [1.82, 2.24) is 19.5 Å². The highest BCUT2D eigenvalue weighted by molar-refractivity contribution is 5.77. The number of imidazole rings is 1. The van der Waals surface area contributed by atoms with Gasteiger partial charge in [0.25, 0.3) is 0 Å². The zero-order valence-corrected chi connectivity index (χ0v) is 13.0. The first kappa shape index (κ1) is 14.3. The van der Waals surface area contributed by atoms with E-state index >= 15 is 0 Å². The summed E-state index contributed by atoms with van der Waals surface area (Å²) in [5, 5.41) is 0. The fourth-order valence-electron chi connectivity index (χ4n) is 2.58. The van der Waals surface area contributed by atoms with Gasteiger partial charge in [0.2, 0.25) is 0 Å². The highest BCUT2D eigenvalue weighted by Crippen LogP contribution is 2.24. The minimum Gasteiger partial charge on any atom is -0.384 e. The number of aromatic nitrogens is 4. The highest BCUT2D eigenvalue weighted by atomic mass is 15.1. The van der Waals surface area contributed by atoms with Crippen LogP contribution in [0.2, 0.25) is 0 Å². The summed E-state index contributed by atoms with van der Waals surface area (Å²) in [6, 6.07) is 7.47. The topological polar surface area (TPSA) is 95.6 Å². The molecule has 0 spiro atoms. The molecular weight excluding hydrogens is 276 g/mol. The second kappa shape index (κ2) is 5.29. The van der Waals surface area contributed by atoms with Gasteiger partial charge in [-0.2, -0.15) is 0 Å². The van der Waals surface area contributed by atoms with Crippen LogP contribution in [-0.4, -0.2) is 19.5 Å². The number of fused-ring (bicyclic) bond motifs is 1. The summed E-state index contributed by atoms with van der Waals surface area (Å²) >= 11 is 0. The van der Waals surface area contributed by atoms with Crippen LogP contribution >= 0.6 is 0 Å². The molecule has 3 aromatic heterocycles. The van der Waals surface area contributed by atoms with Crippen molar-refractivity contribution in [3.8, 4) is 11.3 Å². The summed E-state index contributed by atoms with van der Waals surface area (Å²) in [6.07, 6.45) is 0. The number of nitrogens with two attached hydrogens (primary N) is 2. The van der Waals surface area contributed by atoms with E-state index in [9.17, 15) is 0 Å². The van der Waals surface area contributed by atoms with E-state index in [1.54, 1.807) is 12.1 Å². The number of rotatable bonds is 3. The number of pyridine rings is 2. The largest absolute Gasteiger partial charge is 0.384 e. The van der Waals surface area contributed by atoms with Gasteiger partial charge >= 0.3 is 0 Å². The molecule has 0 saturated carbocycles. The normalized spacial score (nSPS) is 11.5. The summed E-state index contributed by atoms with van der Waals surface area (Å²) in [5.41, 5.74) is 15.0. The summed E-state index contributed by atoms with van der Waals surface area (Å²) in [6.45, 7) is 7.25.